The van der Waals surface area contributed by atoms with Crippen LogP contribution in [0.5, 0.6) is 0 Å². The average Bonchev–Trinajstić information content (AvgIpc) is 3.09. The number of halogens is 2. The van der Waals surface area contributed by atoms with Crippen LogP contribution in [0.4, 0.5) is 10.1 Å². The molecule has 1 saturated heterocycles. The van der Waals surface area contributed by atoms with Crippen molar-refractivity contribution in [3.05, 3.63) is 46.6 Å². The molecule has 144 valence electrons. The minimum absolute atomic E-state index is 0.0212. The Hall–Kier alpha value is -2.41. The molecule has 0 bridgehead atoms. The molecule has 1 N–H and O–H groups in total. The average molecular weight is 394 g/mol. The fraction of sp³-hybridized carbons (Fsp3) is 0.421. The van der Waals surface area contributed by atoms with Crippen molar-refractivity contribution in [1.29, 1.82) is 0 Å². The molecular formula is C19H21ClFN3O3. The molecule has 1 aromatic carbocycles. The summed E-state index contributed by atoms with van der Waals surface area (Å²) in [5, 5.41) is 6.47. The van der Waals surface area contributed by atoms with Gasteiger partial charge in [0.15, 0.2) is 5.69 Å². The lowest BCUT2D eigenvalue weighted by atomic mass is 9.92. The van der Waals surface area contributed by atoms with Crippen LogP contribution in [0, 0.1) is 18.7 Å². The normalized spacial score (nSPS) is 15.0. The Morgan fingerprint density at radius 1 is 1.33 bits per heavy atom. The van der Waals surface area contributed by atoms with Crippen molar-refractivity contribution in [1.82, 2.24) is 10.1 Å². The first kappa shape index (κ1) is 19.4. The lowest BCUT2D eigenvalue weighted by molar-refractivity contribution is -0.116. The fourth-order valence-corrected chi connectivity index (χ4v) is 3.37. The summed E-state index contributed by atoms with van der Waals surface area (Å²) in [6.07, 6.45) is 2.80. The van der Waals surface area contributed by atoms with Crippen molar-refractivity contribution in [2.75, 3.05) is 18.4 Å². The largest absolute Gasteiger partial charge is 0.361 e. The molecule has 8 heteroatoms. The monoisotopic (exact) mass is 393 g/mol. The van der Waals surface area contributed by atoms with Gasteiger partial charge in [0, 0.05) is 31.3 Å². The maximum atomic E-state index is 13.1. The van der Waals surface area contributed by atoms with Gasteiger partial charge in [-0.15, -0.1) is 0 Å². The number of nitrogens with zero attached hydrogens (tertiary/aromatic N) is 2. The summed E-state index contributed by atoms with van der Waals surface area (Å²) < 4.78 is 18.1. The molecule has 3 rings (SSSR count). The lowest BCUT2D eigenvalue weighted by Gasteiger charge is -2.31. The molecule has 2 heterocycles. The molecule has 0 spiro atoms. The van der Waals surface area contributed by atoms with Crippen molar-refractivity contribution >= 4 is 29.1 Å². The molecule has 1 fully saturated rings. The van der Waals surface area contributed by atoms with Crippen LogP contribution in [-0.4, -0.2) is 35.0 Å². The number of piperidine rings is 1. The third-order valence-corrected chi connectivity index (χ3v) is 5.02. The van der Waals surface area contributed by atoms with Crippen LogP contribution in [0.2, 0.25) is 5.02 Å². The van der Waals surface area contributed by atoms with E-state index in [1.54, 1.807) is 17.9 Å². The van der Waals surface area contributed by atoms with Crippen LogP contribution in [0.25, 0.3) is 0 Å². The highest BCUT2D eigenvalue weighted by atomic mass is 35.5. The minimum atomic E-state index is -0.517. The molecule has 6 nitrogen and oxygen atoms in total. The van der Waals surface area contributed by atoms with E-state index in [4.69, 9.17) is 16.1 Å². The van der Waals surface area contributed by atoms with Crippen LogP contribution >= 0.6 is 11.6 Å². The van der Waals surface area contributed by atoms with E-state index in [0.717, 1.165) is 19.3 Å². The standard InChI is InChI=1S/C19H21ClFN3O3/c1-12-10-17(23-27-12)19(26)24-8-6-13(7-9-24)2-5-18(25)22-14-3-4-16(21)15(20)11-14/h3-4,10-11,13H,2,5-9H2,1H3,(H,22,25). The Bertz CT molecular complexity index is 831. The van der Waals surface area contributed by atoms with E-state index < -0.39 is 5.82 Å². The van der Waals surface area contributed by atoms with Crippen LogP contribution < -0.4 is 5.32 Å². The van der Waals surface area contributed by atoms with Gasteiger partial charge in [0.05, 0.1) is 5.02 Å². The van der Waals surface area contributed by atoms with E-state index in [0.29, 0.717) is 42.6 Å². The van der Waals surface area contributed by atoms with Crippen molar-refractivity contribution in [2.45, 2.75) is 32.6 Å². The summed E-state index contributed by atoms with van der Waals surface area (Å²) in [5.41, 5.74) is 0.818. The Morgan fingerprint density at radius 3 is 2.70 bits per heavy atom. The quantitative estimate of drug-likeness (QED) is 0.831. The Labute approximate surface area is 161 Å². The van der Waals surface area contributed by atoms with Crippen LogP contribution in [0.1, 0.15) is 41.9 Å². The first-order valence-corrected chi connectivity index (χ1v) is 9.27. The second-order valence-electron chi connectivity index (χ2n) is 6.77. The van der Waals surface area contributed by atoms with Crippen LogP contribution in [0.3, 0.4) is 0 Å². The van der Waals surface area contributed by atoms with E-state index in [9.17, 15) is 14.0 Å². The maximum absolute atomic E-state index is 13.1. The molecular weight excluding hydrogens is 373 g/mol. The van der Waals surface area contributed by atoms with E-state index >= 15 is 0 Å². The van der Waals surface area contributed by atoms with E-state index in [1.807, 2.05) is 0 Å². The van der Waals surface area contributed by atoms with Gasteiger partial charge in [-0.05, 0) is 50.3 Å². The number of benzene rings is 1. The number of carbonyl (C=O) groups excluding carboxylic acids is 2. The van der Waals surface area contributed by atoms with Gasteiger partial charge < -0.3 is 14.7 Å². The molecule has 0 aliphatic carbocycles. The Morgan fingerprint density at radius 2 is 2.07 bits per heavy atom. The number of rotatable bonds is 5. The summed E-state index contributed by atoms with van der Waals surface area (Å²) in [7, 11) is 0. The fourth-order valence-electron chi connectivity index (χ4n) is 3.19. The maximum Gasteiger partial charge on any atom is 0.276 e. The molecule has 0 atom stereocenters. The summed E-state index contributed by atoms with van der Waals surface area (Å²) in [4.78, 5) is 26.2. The van der Waals surface area contributed by atoms with Crippen molar-refractivity contribution in [2.24, 2.45) is 5.92 Å². The van der Waals surface area contributed by atoms with E-state index in [-0.39, 0.29) is 16.8 Å². The van der Waals surface area contributed by atoms with Crippen LogP contribution in [0.15, 0.2) is 28.8 Å². The first-order chi connectivity index (χ1) is 12.9. The number of hydrogen-bond donors (Lipinski definition) is 1. The highest BCUT2D eigenvalue weighted by Gasteiger charge is 2.25. The molecule has 1 aliphatic heterocycles. The summed E-state index contributed by atoms with van der Waals surface area (Å²) >= 11 is 5.71. The molecule has 2 amide bonds. The lowest BCUT2D eigenvalue weighted by Crippen LogP contribution is -2.38. The van der Waals surface area contributed by atoms with Gasteiger partial charge in [-0.25, -0.2) is 4.39 Å². The van der Waals surface area contributed by atoms with Gasteiger partial charge in [-0.2, -0.15) is 0 Å². The van der Waals surface area contributed by atoms with Gasteiger partial charge in [0.2, 0.25) is 5.91 Å². The highest BCUT2D eigenvalue weighted by molar-refractivity contribution is 6.31. The van der Waals surface area contributed by atoms with Crippen LogP contribution in [-0.2, 0) is 4.79 Å². The number of nitrogens with one attached hydrogen (secondary N) is 1. The predicted octanol–water partition coefficient (Wildman–Crippen LogP) is 4.05. The number of hydrogen-bond acceptors (Lipinski definition) is 4. The zero-order valence-corrected chi connectivity index (χ0v) is 15.8. The third-order valence-electron chi connectivity index (χ3n) is 4.73. The SMILES string of the molecule is Cc1cc(C(=O)N2CCC(CCC(=O)Nc3ccc(F)c(Cl)c3)CC2)no1. The molecule has 1 aromatic heterocycles. The van der Waals surface area contributed by atoms with Crippen molar-refractivity contribution < 1.29 is 18.5 Å². The summed E-state index contributed by atoms with van der Waals surface area (Å²) in [6, 6.07) is 5.74. The molecule has 0 saturated carbocycles. The smallest absolute Gasteiger partial charge is 0.276 e. The minimum Gasteiger partial charge on any atom is -0.361 e. The van der Waals surface area contributed by atoms with E-state index in [2.05, 4.69) is 10.5 Å². The number of likely N-dealkylation sites (tertiary alicyclic amines) is 1. The highest BCUT2D eigenvalue weighted by Crippen LogP contribution is 2.24. The molecule has 0 radical (unpaired) electrons. The Balaban J connectivity index is 1.42. The topological polar surface area (TPSA) is 75.4 Å². The van der Waals surface area contributed by atoms with Gasteiger partial charge in [0.1, 0.15) is 11.6 Å². The zero-order valence-electron chi connectivity index (χ0n) is 15.0. The number of anilines is 1. The summed E-state index contributed by atoms with van der Waals surface area (Å²) in [6.45, 7) is 3.04. The number of aromatic nitrogens is 1. The second kappa shape index (κ2) is 8.52. The zero-order chi connectivity index (χ0) is 19.4. The van der Waals surface area contributed by atoms with Gasteiger partial charge >= 0.3 is 0 Å². The number of amides is 2. The van der Waals surface area contributed by atoms with Crippen molar-refractivity contribution in [3.63, 3.8) is 0 Å². The van der Waals surface area contributed by atoms with Crippen molar-refractivity contribution in [3.8, 4) is 0 Å². The first-order valence-electron chi connectivity index (χ1n) is 8.90. The number of aryl methyl sites for hydroxylation is 1. The van der Waals surface area contributed by atoms with E-state index in [1.165, 1.54) is 18.2 Å². The van der Waals surface area contributed by atoms with Gasteiger partial charge in [-0.1, -0.05) is 16.8 Å². The number of carbonyl (C=O) groups is 2. The van der Waals surface area contributed by atoms with Gasteiger partial charge in [0.25, 0.3) is 5.91 Å². The predicted molar refractivity (Wildman–Crippen MR) is 99.1 cm³/mol. The molecule has 27 heavy (non-hydrogen) atoms. The van der Waals surface area contributed by atoms with Gasteiger partial charge in [-0.3, -0.25) is 9.59 Å². The Kier molecular flexibility index (Phi) is 6.11. The summed E-state index contributed by atoms with van der Waals surface area (Å²) in [5.74, 6) is 0.236. The second-order valence-corrected chi connectivity index (χ2v) is 7.18. The molecule has 2 aromatic rings. The molecule has 0 unspecified atom stereocenters. The molecule has 1 aliphatic rings. The third kappa shape index (κ3) is 5.07.